The Morgan fingerprint density at radius 1 is 1.16 bits per heavy atom. The van der Waals surface area contributed by atoms with Crippen molar-refractivity contribution in [2.45, 2.75) is 25.0 Å². The third kappa shape index (κ3) is 3.43. The number of ether oxygens (including phenoxy) is 2. The van der Waals surface area contributed by atoms with Crippen LogP contribution in [0.1, 0.15) is 36.0 Å². The summed E-state index contributed by atoms with van der Waals surface area (Å²) in [4.78, 5) is 0. The average molecular weight is 334 g/mol. The van der Waals surface area contributed by atoms with Gasteiger partial charge in [-0.15, -0.1) is 0 Å². The Balaban J connectivity index is 1.99. The number of allylic oxidation sites excluding steroid dienone is 2. The molecule has 1 aliphatic heterocycles. The van der Waals surface area contributed by atoms with Crippen LogP contribution in [0.4, 0.5) is 0 Å². The second-order valence-corrected chi connectivity index (χ2v) is 6.09. The summed E-state index contributed by atoms with van der Waals surface area (Å²) < 4.78 is 12.1. The van der Waals surface area contributed by atoms with Crippen LogP contribution < -0.4 is 5.73 Å². The summed E-state index contributed by atoms with van der Waals surface area (Å²) in [6.45, 7) is 3.14. The van der Waals surface area contributed by atoms with Crippen LogP contribution in [0.15, 0.2) is 66.4 Å². The van der Waals surface area contributed by atoms with E-state index >= 15 is 0 Å². The van der Waals surface area contributed by atoms with Crippen molar-refractivity contribution in [1.82, 2.24) is 0 Å². The fourth-order valence-electron chi connectivity index (χ4n) is 3.12. The molecule has 2 aromatic rings. The van der Waals surface area contributed by atoms with E-state index in [1.54, 1.807) is 6.08 Å². The zero-order chi connectivity index (χ0) is 17.7. The summed E-state index contributed by atoms with van der Waals surface area (Å²) in [5, 5.41) is 8.73. The van der Waals surface area contributed by atoms with Crippen LogP contribution in [-0.2, 0) is 15.3 Å². The molecule has 1 aliphatic rings. The Kier molecular flexibility index (Phi) is 5.18. The van der Waals surface area contributed by atoms with Gasteiger partial charge in [0.15, 0.2) is 0 Å². The van der Waals surface area contributed by atoms with Crippen molar-refractivity contribution >= 4 is 0 Å². The van der Waals surface area contributed by atoms with Crippen molar-refractivity contribution in [3.63, 3.8) is 0 Å². The van der Waals surface area contributed by atoms with Gasteiger partial charge in [-0.3, -0.25) is 0 Å². The molecule has 2 N–H and O–H groups in total. The molecular weight excluding hydrogens is 312 g/mol. The molecule has 2 aromatic carbocycles. The predicted octanol–water partition coefficient (Wildman–Crippen LogP) is 3.79. The largest absolute Gasteiger partial charge is 0.402 e. The monoisotopic (exact) mass is 334 g/mol. The van der Waals surface area contributed by atoms with Crippen molar-refractivity contribution in [1.29, 1.82) is 5.26 Å². The first-order valence-electron chi connectivity index (χ1n) is 8.44. The van der Waals surface area contributed by atoms with E-state index in [1.165, 1.54) is 0 Å². The minimum atomic E-state index is -0.873. The summed E-state index contributed by atoms with van der Waals surface area (Å²) in [5.74, 6) is -0.857. The van der Waals surface area contributed by atoms with E-state index in [9.17, 15) is 0 Å². The molecule has 0 radical (unpaired) electrons. The maximum absolute atomic E-state index is 8.73. The highest BCUT2D eigenvalue weighted by Crippen LogP contribution is 2.39. The van der Waals surface area contributed by atoms with Crippen LogP contribution in [-0.4, -0.2) is 13.2 Å². The molecule has 0 amide bonds. The SMILES string of the molecule is CC(/C(N)=C/CC#N)c1cccc(C2(c3ccccc3)OCCO2)c1. The van der Waals surface area contributed by atoms with Gasteiger partial charge in [0.1, 0.15) is 0 Å². The first-order chi connectivity index (χ1) is 12.2. The molecule has 1 fully saturated rings. The fourth-order valence-corrected chi connectivity index (χ4v) is 3.12. The normalized spacial score (nSPS) is 17.8. The Morgan fingerprint density at radius 2 is 1.84 bits per heavy atom. The van der Waals surface area contributed by atoms with Gasteiger partial charge in [-0.2, -0.15) is 5.26 Å². The van der Waals surface area contributed by atoms with Crippen molar-refractivity contribution < 1.29 is 9.47 Å². The molecule has 0 bridgehead atoms. The van der Waals surface area contributed by atoms with Gasteiger partial charge in [-0.1, -0.05) is 61.5 Å². The van der Waals surface area contributed by atoms with E-state index in [0.717, 1.165) is 16.7 Å². The van der Waals surface area contributed by atoms with Gasteiger partial charge in [0.05, 0.1) is 25.7 Å². The third-order valence-corrected chi connectivity index (χ3v) is 4.54. The summed E-state index contributed by atoms with van der Waals surface area (Å²) in [6.07, 6.45) is 2.09. The highest BCUT2D eigenvalue weighted by atomic mass is 16.7. The third-order valence-electron chi connectivity index (χ3n) is 4.54. The minimum absolute atomic E-state index is 0.0162. The Labute approximate surface area is 148 Å². The zero-order valence-corrected chi connectivity index (χ0v) is 14.3. The molecule has 4 heteroatoms. The molecule has 0 saturated carbocycles. The molecule has 0 aromatic heterocycles. The van der Waals surface area contributed by atoms with Crippen molar-refractivity contribution in [3.8, 4) is 6.07 Å². The lowest BCUT2D eigenvalue weighted by molar-refractivity contribution is -0.129. The van der Waals surface area contributed by atoms with Crippen LogP contribution >= 0.6 is 0 Å². The Hall–Kier alpha value is -2.61. The number of rotatable bonds is 5. The van der Waals surface area contributed by atoms with Gasteiger partial charge in [0.2, 0.25) is 5.79 Å². The van der Waals surface area contributed by atoms with Crippen LogP contribution in [0.2, 0.25) is 0 Å². The topological polar surface area (TPSA) is 68.3 Å². The van der Waals surface area contributed by atoms with Gasteiger partial charge >= 0.3 is 0 Å². The van der Waals surface area contributed by atoms with Crippen LogP contribution in [0.25, 0.3) is 0 Å². The lowest BCUT2D eigenvalue weighted by atomic mass is 9.91. The molecule has 3 rings (SSSR count). The predicted molar refractivity (Wildman–Crippen MR) is 96.5 cm³/mol. The molecule has 1 atom stereocenters. The second-order valence-electron chi connectivity index (χ2n) is 6.09. The van der Waals surface area contributed by atoms with Gasteiger partial charge in [0.25, 0.3) is 0 Å². The van der Waals surface area contributed by atoms with Crippen molar-refractivity contribution in [3.05, 3.63) is 83.1 Å². The molecule has 4 nitrogen and oxygen atoms in total. The molecule has 128 valence electrons. The first kappa shape index (κ1) is 17.2. The number of benzene rings is 2. The quantitative estimate of drug-likeness (QED) is 0.903. The van der Waals surface area contributed by atoms with E-state index < -0.39 is 5.79 Å². The van der Waals surface area contributed by atoms with Gasteiger partial charge < -0.3 is 15.2 Å². The van der Waals surface area contributed by atoms with Gasteiger partial charge in [-0.25, -0.2) is 0 Å². The van der Waals surface area contributed by atoms with E-state index in [2.05, 4.69) is 12.1 Å². The van der Waals surface area contributed by atoms with Crippen LogP contribution in [0.3, 0.4) is 0 Å². The fraction of sp³-hybridized carbons (Fsp3) is 0.286. The van der Waals surface area contributed by atoms with Crippen molar-refractivity contribution in [2.24, 2.45) is 5.73 Å². The average Bonchev–Trinajstić information content (AvgIpc) is 3.17. The van der Waals surface area contributed by atoms with Gasteiger partial charge in [-0.05, 0) is 11.6 Å². The summed E-state index contributed by atoms with van der Waals surface area (Å²) in [5.41, 5.74) is 9.82. The van der Waals surface area contributed by atoms with Crippen LogP contribution in [0, 0.1) is 11.3 Å². The number of hydrogen-bond acceptors (Lipinski definition) is 4. The van der Waals surface area contributed by atoms with E-state index in [4.69, 9.17) is 20.5 Å². The molecule has 1 saturated heterocycles. The molecule has 1 unspecified atom stereocenters. The van der Waals surface area contributed by atoms with E-state index in [-0.39, 0.29) is 5.92 Å². The minimum Gasteiger partial charge on any atom is -0.402 e. The smallest absolute Gasteiger partial charge is 0.222 e. The zero-order valence-electron chi connectivity index (χ0n) is 14.3. The lowest BCUT2D eigenvalue weighted by Crippen LogP contribution is -2.28. The summed E-state index contributed by atoms with van der Waals surface area (Å²) in [7, 11) is 0. The lowest BCUT2D eigenvalue weighted by Gasteiger charge is -2.29. The molecule has 25 heavy (non-hydrogen) atoms. The molecule has 0 aliphatic carbocycles. The van der Waals surface area contributed by atoms with E-state index in [1.807, 2.05) is 55.5 Å². The highest BCUT2D eigenvalue weighted by Gasteiger charge is 2.40. The molecule has 0 spiro atoms. The highest BCUT2D eigenvalue weighted by molar-refractivity contribution is 5.39. The molecular formula is C21H22N2O2. The Morgan fingerprint density at radius 3 is 2.52 bits per heavy atom. The van der Waals surface area contributed by atoms with Crippen molar-refractivity contribution in [2.75, 3.05) is 13.2 Å². The number of nitriles is 1. The number of hydrogen-bond donors (Lipinski definition) is 1. The van der Waals surface area contributed by atoms with E-state index in [0.29, 0.717) is 25.3 Å². The second kappa shape index (κ2) is 7.52. The number of nitrogens with zero attached hydrogens (tertiary/aromatic N) is 1. The summed E-state index contributed by atoms with van der Waals surface area (Å²) >= 11 is 0. The van der Waals surface area contributed by atoms with Gasteiger partial charge in [0, 0.05) is 22.7 Å². The maximum atomic E-state index is 8.73. The van der Waals surface area contributed by atoms with Crippen LogP contribution in [0.5, 0.6) is 0 Å². The number of nitrogens with two attached hydrogens (primary N) is 1. The standard InChI is InChI=1S/C21H22N2O2/c1-16(20(23)11-6-12-22)17-7-5-10-19(15-17)21(24-13-14-25-21)18-8-3-2-4-9-18/h2-5,7-11,15-16H,6,13-14,23H2,1H3/b20-11-. The maximum Gasteiger partial charge on any atom is 0.222 e. The Bertz CT molecular complexity index is 787. The molecule has 1 heterocycles. The summed E-state index contributed by atoms with van der Waals surface area (Å²) in [6, 6.07) is 20.2. The first-order valence-corrected chi connectivity index (χ1v) is 8.44.